The molecule has 0 fully saturated rings. The van der Waals surface area contributed by atoms with Crippen molar-refractivity contribution in [3.8, 4) is 0 Å². The number of benzene rings is 3. The van der Waals surface area contributed by atoms with Crippen molar-refractivity contribution < 1.29 is 37.2 Å². The maximum absolute atomic E-state index is 12.5. The van der Waals surface area contributed by atoms with Crippen molar-refractivity contribution in [2.75, 3.05) is 5.32 Å². The Balaban J connectivity index is 1.82. The van der Waals surface area contributed by atoms with E-state index in [1.807, 2.05) is 0 Å². The fourth-order valence-electron chi connectivity index (χ4n) is 2.76. The van der Waals surface area contributed by atoms with E-state index < -0.39 is 32.7 Å². The third-order valence-electron chi connectivity index (χ3n) is 4.46. The summed E-state index contributed by atoms with van der Waals surface area (Å²) in [6.07, 6.45) is 0. The molecule has 3 aromatic carbocycles. The number of nitrogens with zero attached hydrogens (tertiary/aromatic N) is 4. The highest BCUT2D eigenvalue weighted by Crippen LogP contribution is 2.31. The number of hydrogen-bond acceptors (Lipinski definition) is 12. The summed E-state index contributed by atoms with van der Waals surface area (Å²) >= 11 is 0.756. The Morgan fingerprint density at radius 2 is 1.59 bits per heavy atom. The lowest BCUT2D eigenvalue weighted by molar-refractivity contribution is -0.432. The number of anilines is 1. The predicted molar refractivity (Wildman–Crippen MR) is 132 cm³/mol. The molecule has 0 aliphatic rings. The molecule has 0 saturated heterocycles. The maximum Gasteiger partial charge on any atom is 0.296 e. The van der Waals surface area contributed by atoms with Crippen LogP contribution in [0.15, 0.2) is 103 Å². The number of nitrogens with one attached hydrogen (secondary N) is 1. The number of Topliss-reactive ketones (excluding diaryl/α,β-unsaturated/α-hetero) is 1. The predicted octanol–water partition coefficient (Wildman–Crippen LogP) is 5.46. The van der Waals surface area contributed by atoms with E-state index in [4.69, 9.17) is 5.26 Å². The van der Waals surface area contributed by atoms with Crippen molar-refractivity contribution in [3.05, 3.63) is 72.8 Å². The third kappa shape index (κ3) is 8.35. The number of azo groups is 2. The summed E-state index contributed by atoms with van der Waals surface area (Å²) in [6, 6.07) is 16.7. The quantitative estimate of drug-likeness (QED) is 0.0701. The topological polar surface area (TPSA) is 189 Å². The summed E-state index contributed by atoms with van der Waals surface area (Å²) in [6.45, 7) is 1.14. The van der Waals surface area contributed by atoms with Crippen LogP contribution in [0.1, 0.15) is 6.92 Å². The molecule has 3 aromatic rings. The highest BCUT2D eigenvalue weighted by atomic mass is 32.2. The molecular formula is C22H19N5O8S2. The molecule has 3 N–H and O–H groups in total. The first-order valence-corrected chi connectivity index (χ1v) is 12.4. The van der Waals surface area contributed by atoms with Gasteiger partial charge < -0.3 is 5.32 Å². The summed E-state index contributed by atoms with van der Waals surface area (Å²) in [4.78, 5) is 24.4. The smallest absolute Gasteiger partial charge is 0.296 e. The number of hydrogen-bond donors (Lipinski definition) is 3. The zero-order valence-corrected chi connectivity index (χ0v) is 20.6. The van der Waals surface area contributed by atoms with Crippen molar-refractivity contribution in [3.63, 3.8) is 0 Å². The molecule has 1 unspecified atom stereocenters. The Labute approximate surface area is 215 Å². The molecule has 0 heterocycles. The van der Waals surface area contributed by atoms with Gasteiger partial charge >= 0.3 is 0 Å². The molecular weight excluding hydrogens is 526 g/mol. The van der Waals surface area contributed by atoms with Crippen LogP contribution in [0.4, 0.5) is 22.7 Å². The van der Waals surface area contributed by atoms with Gasteiger partial charge in [-0.1, -0.05) is 23.2 Å². The molecule has 0 aliphatic heterocycles. The molecule has 1 amide bonds. The number of ketones is 1. The molecule has 0 radical (unpaired) electrons. The summed E-state index contributed by atoms with van der Waals surface area (Å²) in [7, 11) is -4.78. The molecule has 0 bridgehead atoms. The number of carbonyl (C=O) groups excluding carboxylic acids is 2. The SMILES string of the molecule is CC(=O)C(N=Nc1ccc(N=Nc2ccc(SOOO)cc2)cc1S(=O)(=O)O)C(=O)Nc1ccccc1. The first kappa shape index (κ1) is 27.7. The second kappa shape index (κ2) is 12.9. The average molecular weight is 546 g/mol. The normalized spacial score (nSPS) is 12.6. The van der Waals surface area contributed by atoms with E-state index in [2.05, 4.69) is 35.1 Å². The van der Waals surface area contributed by atoms with Crippen molar-refractivity contribution >= 4 is 56.6 Å². The van der Waals surface area contributed by atoms with Crippen molar-refractivity contribution in [1.29, 1.82) is 0 Å². The number of rotatable bonds is 11. The van der Waals surface area contributed by atoms with Crippen LogP contribution in [0, 0.1) is 0 Å². The Morgan fingerprint density at radius 3 is 2.22 bits per heavy atom. The summed E-state index contributed by atoms with van der Waals surface area (Å²) < 4.78 is 37.9. The van der Waals surface area contributed by atoms with Crippen molar-refractivity contribution in [2.45, 2.75) is 22.8 Å². The summed E-state index contributed by atoms with van der Waals surface area (Å²) in [5.74, 6) is -1.39. The molecule has 37 heavy (non-hydrogen) atoms. The van der Waals surface area contributed by atoms with Gasteiger partial charge in [0.05, 0.1) is 23.4 Å². The van der Waals surface area contributed by atoms with E-state index in [0.29, 0.717) is 16.3 Å². The molecule has 0 aromatic heterocycles. The Hall–Kier alpha value is -3.86. The molecule has 13 nitrogen and oxygen atoms in total. The monoisotopic (exact) mass is 545 g/mol. The Morgan fingerprint density at radius 1 is 0.946 bits per heavy atom. The second-order valence-electron chi connectivity index (χ2n) is 7.13. The fraction of sp³-hybridized carbons (Fsp3) is 0.0909. The third-order valence-corrected chi connectivity index (χ3v) is 5.93. The molecule has 3 rings (SSSR count). The molecule has 0 saturated carbocycles. The van der Waals surface area contributed by atoms with Crippen LogP contribution in [-0.4, -0.2) is 36.0 Å². The first-order valence-electron chi connectivity index (χ1n) is 10.2. The van der Waals surface area contributed by atoms with E-state index in [1.165, 1.54) is 12.1 Å². The number of para-hydroxylation sites is 1. The van der Waals surface area contributed by atoms with Crippen LogP contribution in [0.25, 0.3) is 0 Å². The lowest BCUT2D eigenvalue weighted by Gasteiger charge is -2.09. The van der Waals surface area contributed by atoms with Gasteiger partial charge in [-0.15, -0.1) is 4.33 Å². The summed E-state index contributed by atoms with van der Waals surface area (Å²) in [5.41, 5.74) is 0.586. The average Bonchev–Trinajstić information content (AvgIpc) is 2.87. The van der Waals surface area contributed by atoms with E-state index in [0.717, 1.165) is 25.0 Å². The van der Waals surface area contributed by atoms with Gasteiger partial charge in [-0.3, -0.25) is 14.1 Å². The zero-order chi connectivity index (χ0) is 26.8. The molecule has 1 atom stereocenters. The lowest BCUT2D eigenvalue weighted by atomic mass is 10.2. The Kier molecular flexibility index (Phi) is 9.67. The van der Waals surface area contributed by atoms with E-state index >= 15 is 0 Å². The van der Waals surface area contributed by atoms with Crippen LogP contribution >= 0.6 is 12.0 Å². The maximum atomic E-state index is 12.5. The highest BCUT2D eigenvalue weighted by Gasteiger charge is 2.24. The fourth-order valence-corrected chi connectivity index (χ4v) is 3.76. The van der Waals surface area contributed by atoms with Crippen LogP contribution in [0.3, 0.4) is 0 Å². The van der Waals surface area contributed by atoms with Crippen LogP contribution in [0.2, 0.25) is 0 Å². The minimum atomic E-state index is -4.78. The molecule has 0 aliphatic carbocycles. The standard InChI is InChI=1S/C22H19N5O8S2/c1-14(28)21(22(29)23-15-5-3-2-4-6-15)27-26-19-12-9-17(13-20(19)37(31,32)33)25-24-16-7-10-18(11-8-16)36-35-34-30/h2-13,21,30H,1H3,(H,23,29)(H,31,32,33). The summed E-state index contributed by atoms with van der Waals surface area (Å²) in [5, 5.41) is 29.6. The second-order valence-corrected chi connectivity index (χ2v) is 9.29. The largest absolute Gasteiger partial charge is 0.324 e. The van der Waals surface area contributed by atoms with Gasteiger partial charge in [0.25, 0.3) is 16.0 Å². The molecule has 192 valence electrons. The molecule has 0 spiro atoms. The highest BCUT2D eigenvalue weighted by molar-refractivity contribution is 7.94. The van der Waals surface area contributed by atoms with Crippen LogP contribution < -0.4 is 5.32 Å². The first-order chi connectivity index (χ1) is 17.7. The lowest BCUT2D eigenvalue weighted by Crippen LogP contribution is -2.31. The Bertz CT molecular complexity index is 1410. The van der Waals surface area contributed by atoms with Gasteiger partial charge in [0.2, 0.25) is 6.04 Å². The van der Waals surface area contributed by atoms with Gasteiger partial charge in [-0.2, -0.15) is 28.9 Å². The van der Waals surface area contributed by atoms with Crippen LogP contribution in [0.5, 0.6) is 0 Å². The van der Waals surface area contributed by atoms with Gasteiger partial charge in [-0.05, 0) is 61.5 Å². The van der Waals surface area contributed by atoms with E-state index in [9.17, 15) is 22.6 Å². The van der Waals surface area contributed by atoms with Gasteiger partial charge in [0, 0.05) is 10.6 Å². The number of carbonyl (C=O) groups is 2. The van der Waals surface area contributed by atoms with E-state index in [-0.39, 0.29) is 11.4 Å². The van der Waals surface area contributed by atoms with Gasteiger partial charge in [0.1, 0.15) is 10.6 Å². The van der Waals surface area contributed by atoms with Crippen LogP contribution in [-0.2, 0) is 29.1 Å². The van der Waals surface area contributed by atoms with E-state index in [1.54, 1.807) is 54.6 Å². The minimum absolute atomic E-state index is 0.0620. The van der Waals surface area contributed by atoms with Gasteiger partial charge in [0.15, 0.2) is 5.78 Å². The van der Waals surface area contributed by atoms with Crippen molar-refractivity contribution in [2.24, 2.45) is 20.5 Å². The zero-order valence-electron chi connectivity index (χ0n) is 19.0. The van der Waals surface area contributed by atoms with Gasteiger partial charge in [-0.25, -0.2) is 5.26 Å². The molecule has 15 heteroatoms. The van der Waals surface area contributed by atoms with Crippen molar-refractivity contribution in [1.82, 2.24) is 0 Å². The minimum Gasteiger partial charge on any atom is -0.324 e. The number of amides is 1.